The zero-order valence-electron chi connectivity index (χ0n) is 19.0. The fraction of sp³-hybridized carbons (Fsp3) is 0.667. The number of carbonyl (C=O) groups is 1. The second-order valence-corrected chi connectivity index (χ2v) is 10.8. The molecule has 10 heteroatoms. The van der Waals surface area contributed by atoms with Gasteiger partial charge in [-0.1, -0.05) is 0 Å². The van der Waals surface area contributed by atoms with Crippen molar-refractivity contribution in [1.29, 1.82) is 0 Å². The third-order valence-corrected chi connectivity index (χ3v) is 7.00. The van der Waals surface area contributed by atoms with Crippen LogP contribution in [0.5, 0.6) is 11.5 Å². The van der Waals surface area contributed by atoms with E-state index >= 15 is 0 Å². The quantitative estimate of drug-likeness (QED) is 0.648. The summed E-state index contributed by atoms with van der Waals surface area (Å²) >= 11 is 0. The second kappa shape index (κ2) is 9.22. The molecule has 1 aromatic rings. The van der Waals surface area contributed by atoms with Crippen LogP contribution < -0.4 is 9.47 Å². The maximum atomic E-state index is 13.1. The molecule has 2 heterocycles. The van der Waals surface area contributed by atoms with Crippen molar-refractivity contribution >= 4 is 16.1 Å². The van der Waals surface area contributed by atoms with Crippen molar-refractivity contribution < 1.29 is 27.4 Å². The molecule has 0 unspecified atom stereocenters. The van der Waals surface area contributed by atoms with Gasteiger partial charge in [0, 0.05) is 32.2 Å². The van der Waals surface area contributed by atoms with Gasteiger partial charge in [-0.05, 0) is 46.9 Å². The number of sulfonamides is 1. The van der Waals surface area contributed by atoms with Crippen molar-refractivity contribution in [2.45, 2.75) is 44.3 Å². The molecule has 2 aliphatic heterocycles. The maximum absolute atomic E-state index is 13.1. The summed E-state index contributed by atoms with van der Waals surface area (Å²) < 4.78 is 44.7. The summed E-state index contributed by atoms with van der Waals surface area (Å²) in [6.45, 7) is 10.8. The summed E-state index contributed by atoms with van der Waals surface area (Å²) in [6, 6.07) is 4.71. The molecular weight excluding hydrogens is 422 g/mol. The Morgan fingerprint density at radius 3 is 2.32 bits per heavy atom. The predicted molar refractivity (Wildman–Crippen MR) is 116 cm³/mol. The largest absolute Gasteiger partial charge is 0.490 e. The van der Waals surface area contributed by atoms with Crippen LogP contribution in [0.3, 0.4) is 0 Å². The highest BCUT2D eigenvalue weighted by Crippen LogP contribution is 2.33. The van der Waals surface area contributed by atoms with E-state index < -0.39 is 15.6 Å². The highest BCUT2D eigenvalue weighted by atomic mass is 32.2. The normalized spacial score (nSPS) is 19.1. The smallest absolute Gasteiger partial charge is 0.410 e. The fourth-order valence-corrected chi connectivity index (χ4v) is 4.80. The number of benzene rings is 1. The van der Waals surface area contributed by atoms with Crippen LogP contribution in [0.25, 0.3) is 0 Å². The topological polar surface area (TPSA) is 88.6 Å². The standard InChI is InChI=1S/C21H33N3O6S/c1-6-28-18-8-7-17(31(26,27)24-11-9-22(5)10-12-24)13-19(18)29-16-14-23(15-16)20(25)30-21(2,3)4/h7-8,13,16H,6,9-12,14-15H2,1-5H3. The fourth-order valence-electron chi connectivity index (χ4n) is 3.36. The van der Waals surface area contributed by atoms with Crippen molar-refractivity contribution in [3.63, 3.8) is 0 Å². The van der Waals surface area contributed by atoms with E-state index in [2.05, 4.69) is 4.90 Å². The molecule has 0 atom stereocenters. The zero-order valence-corrected chi connectivity index (χ0v) is 19.8. The molecule has 0 aromatic heterocycles. The summed E-state index contributed by atoms with van der Waals surface area (Å²) in [6.07, 6.45) is -0.642. The lowest BCUT2D eigenvalue weighted by Crippen LogP contribution is -2.57. The lowest BCUT2D eigenvalue weighted by Gasteiger charge is -2.39. The van der Waals surface area contributed by atoms with Gasteiger partial charge >= 0.3 is 6.09 Å². The summed E-state index contributed by atoms with van der Waals surface area (Å²) in [4.78, 5) is 16.0. The van der Waals surface area contributed by atoms with Crippen molar-refractivity contribution in [2.75, 3.05) is 52.9 Å². The Morgan fingerprint density at radius 2 is 1.74 bits per heavy atom. The Bertz CT molecular complexity index is 885. The number of rotatable bonds is 6. The molecule has 0 saturated carbocycles. The van der Waals surface area contributed by atoms with Crippen molar-refractivity contribution in [3.8, 4) is 11.5 Å². The lowest BCUT2D eigenvalue weighted by molar-refractivity contribution is -0.0227. The number of likely N-dealkylation sites (N-methyl/N-ethyl adjacent to an activating group) is 1. The Balaban J connectivity index is 1.71. The van der Waals surface area contributed by atoms with E-state index in [1.165, 1.54) is 10.4 Å². The van der Waals surface area contributed by atoms with Crippen molar-refractivity contribution in [3.05, 3.63) is 18.2 Å². The van der Waals surface area contributed by atoms with Crippen LogP contribution in [0, 0.1) is 0 Å². The van der Waals surface area contributed by atoms with Gasteiger partial charge in [-0.3, -0.25) is 0 Å². The summed E-state index contributed by atoms with van der Waals surface area (Å²) in [5.74, 6) is 0.849. The van der Waals surface area contributed by atoms with Crippen LogP contribution in [-0.4, -0.2) is 93.2 Å². The highest BCUT2D eigenvalue weighted by molar-refractivity contribution is 7.89. The van der Waals surface area contributed by atoms with E-state index in [9.17, 15) is 13.2 Å². The van der Waals surface area contributed by atoms with Gasteiger partial charge in [0.1, 0.15) is 11.7 Å². The molecule has 1 aromatic carbocycles. The minimum atomic E-state index is -3.62. The molecule has 2 aliphatic rings. The van der Waals surface area contributed by atoms with E-state index in [-0.39, 0.29) is 17.1 Å². The summed E-state index contributed by atoms with van der Waals surface area (Å²) in [7, 11) is -1.64. The monoisotopic (exact) mass is 455 g/mol. The maximum Gasteiger partial charge on any atom is 0.410 e. The number of hydrogen-bond donors (Lipinski definition) is 0. The molecule has 1 amide bonds. The molecule has 3 rings (SSSR count). The van der Waals surface area contributed by atoms with Gasteiger partial charge in [-0.2, -0.15) is 4.31 Å². The first kappa shape index (κ1) is 23.6. The minimum absolute atomic E-state index is 0.179. The first-order chi connectivity index (χ1) is 14.5. The Morgan fingerprint density at radius 1 is 1.10 bits per heavy atom. The van der Waals surface area contributed by atoms with Crippen molar-refractivity contribution in [1.82, 2.24) is 14.1 Å². The van der Waals surface area contributed by atoms with Crippen LogP contribution in [-0.2, 0) is 14.8 Å². The minimum Gasteiger partial charge on any atom is -0.490 e. The van der Waals surface area contributed by atoms with Gasteiger partial charge < -0.3 is 24.0 Å². The highest BCUT2D eigenvalue weighted by Gasteiger charge is 2.36. The van der Waals surface area contributed by atoms with Gasteiger partial charge in [0.15, 0.2) is 11.5 Å². The number of amides is 1. The molecule has 31 heavy (non-hydrogen) atoms. The van der Waals surface area contributed by atoms with Gasteiger partial charge in [0.05, 0.1) is 24.6 Å². The third kappa shape index (κ3) is 5.81. The molecule has 0 aliphatic carbocycles. The number of nitrogens with zero attached hydrogens (tertiary/aromatic N) is 3. The number of piperazine rings is 1. The van der Waals surface area contributed by atoms with Gasteiger partial charge in [-0.25, -0.2) is 13.2 Å². The van der Waals surface area contributed by atoms with Crippen LogP contribution in [0.2, 0.25) is 0 Å². The number of likely N-dealkylation sites (tertiary alicyclic amines) is 1. The van der Waals surface area contributed by atoms with Crippen LogP contribution >= 0.6 is 0 Å². The molecule has 2 saturated heterocycles. The molecule has 0 radical (unpaired) electrons. The molecule has 2 fully saturated rings. The Kier molecular flexibility index (Phi) is 7.02. The van der Waals surface area contributed by atoms with E-state index in [0.717, 1.165) is 0 Å². The van der Waals surface area contributed by atoms with Crippen LogP contribution in [0.4, 0.5) is 4.79 Å². The molecule has 0 N–H and O–H groups in total. The molecular formula is C21H33N3O6S. The third-order valence-electron chi connectivity index (χ3n) is 5.11. The molecule has 0 bridgehead atoms. The number of hydrogen-bond acceptors (Lipinski definition) is 7. The molecule has 174 valence electrons. The van der Waals surface area contributed by atoms with Gasteiger partial charge in [-0.15, -0.1) is 0 Å². The summed E-state index contributed by atoms with van der Waals surface area (Å²) in [5, 5.41) is 0. The zero-order chi connectivity index (χ0) is 22.8. The second-order valence-electron chi connectivity index (χ2n) is 8.87. The Hall–Kier alpha value is -2.04. The molecule has 9 nitrogen and oxygen atoms in total. The summed E-state index contributed by atoms with van der Waals surface area (Å²) in [5.41, 5.74) is -0.558. The average Bonchev–Trinajstić information content (AvgIpc) is 2.64. The average molecular weight is 456 g/mol. The Labute approximate surface area is 184 Å². The van der Waals surface area contributed by atoms with Crippen LogP contribution in [0.1, 0.15) is 27.7 Å². The van der Waals surface area contributed by atoms with Gasteiger partial charge in [0.25, 0.3) is 0 Å². The lowest BCUT2D eigenvalue weighted by atomic mass is 10.1. The van der Waals surface area contributed by atoms with E-state index in [4.69, 9.17) is 14.2 Å². The van der Waals surface area contributed by atoms with Crippen LogP contribution in [0.15, 0.2) is 23.1 Å². The van der Waals surface area contributed by atoms with Crippen molar-refractivity contribution in [2.24, 2.45) is 0 Å². The predicted octanol–water partition coefficient (Wildman–Crippen LogP) is 2.02. The number of ether oxygens (including phenoxy) is 3. The number of carbonyl (C=O) groups excluding carboxylic acids is 1. The SMILES string of the molecule is CCOc1ccc(S(=O)(=O)N2CCN(C)CC2)cc1OC1CN(C(=O)OC(C)(C)C)C1. The first-order valence-electron chi connectivity index (χ1n) is 10.6. The van der Waals surface area contributed by atoms with Gasteiger partial charge in [0.2, 0.25) is 10.0 Å². The van der Waals surface area contributed by atoms with E-state index in [1.807, 2.05) is 34.7 Å². The van der Waals surface area contributed by atoms with E-state index in [1.54, 1.807) is 17.0 Å². The van der Waals surface area contributed by atoms with E-state index in [0.29, 0.717) is 57.4 Å². The first-order valence-corrected chi connectivity index (χ1v) is 12.0. The molecule has 0 spiro atoms.